The molecule has 16 heavy (non-hydrogen) atoms. The van der Waals surface area contributed by atoms with E-state index in [4.69, 9.17) is 5.73 Å². The summed E-state index contributed by atoms with van der Waals surface area (Å²) in [6.07, 6.45) is 5.68. The first-order valence-electron chi connectivity index (χ1n) is 5.09. The van der Waals surface area contributed by atoms with E-state index in [2.05, 4.69) is 27.7 Å². The maximum atomic E-state index is 9.48. The van der Waals surface area contributed by atoms with Crippen LogP contribution in [0.5, 0.6) is 5.75 Å². The highest BCUT2D eigenvalue weighted by Crippen LogP contribution is 2.28. The number of rotatable bonds is 3. The van der Waals surface area contributed by atoms with E-state index in [1.54, 1.807) is 12.1 Å². The fraction of sp³-hybridized carbons (Fsp3) is 0.231. The van der Waals surface area contributed by atoms with E-state index >= 15 is 0 Å². The summed E-state index contributed by atoms with van der Waals surface area (Å²) < 4.78 is 0.720. The van der Waals surface area contributed by atoms with Gasteiger partial charge in [0.25, 0.3) is 0 Å². The monoisotopic (exact) mass is 219 g/mol. The molecule has 1 aromatic rings. The first-order chi connectivity index (χ1) is 7.35. The predicted molar refractivity (Wildman–Crippen MR) is 69.7 cm³/mol. The zero-order valence-electron chi connectivity index (χ0n) is 10.1. The largest absolute Gasteiger partial charge is 0.506 e. The number of nitrogens with zero attached hydrogens (tertiary/aromatic N) is 1. The Labute approximate surface area is 96.7 Å². The summed E-state index contributed by atoms with van der Waals surface area (Å²) in [4.78, 5) is 0. The average molecular weight is 219 g/mol. The predicted octanol–water partition coefficient (Wildman–Crippen LogP) is 2.29. The van der Waals surface area contributed by atoms with E-state index in [-0.39, 0.29) is 5.75 Å². The molecular formula is C13H19N2O+. The van der Waals surface area contributed by atoms with Gasteiger partial charge in [-0.15, -0.1) is 0 Å². The third-order valence-corrected chi connectivity index (χ3v) is 2.20. The van der Waals surface area contributed by atoms with E-state index in [9.17, 15) is 5.11 Å². The van der Waals surface area contributed by atoms with Crippen molar-refractivity contribution in [2.75, 3.05) is 26.9 Å². The molecule has 0 fully saturated rings. The number of hydrogen-bond donors (Lipinski definition) is 2. The zero-order valence-corrected chi connectivity index (χ0v) is 10.1. The maximum absolute atomic E-state index is 9.48. The van der Waals surface area contributed by atoms with Gasteiger partial charge in [-0.25, -0.2) is 0 Å². The number of nitrogens with two attached hydrogens (primary N) is 1. The lowest BCUT2D eigenvalue weighted by Gasteiger charge is -2.17. The molecule has 3 N–H and O–H groups in total. The highest BCUT2D eigenvalue weighted by molar-refractivity contribution is 5.77. The summed E-state index contributed by atoms with van der Waals surface area (Å²) in [5, 5.41) is 9.48. The fourth-order valence-corrected chi connectivity index (χ4v) is 1.32. The molecule has 0 aliphatic heterocycles. The average Bonchev–Trinajstić information content (AvgIpc) is 2.18. The van der Waals surface area contributed by atoms with E-state index in [0.717, 1.165) is 15.6 Å². The molecule has 0 radical (unpaired) electrons. The van der Waals surface area contributed by atoms with Crippen LogP contribution in [0.15, 0.2) is 24.9 Å². The SMILES string of the molecule is C=Cc1c(/C=C\[N+](C)(C)C)ccc(O)c1N. The standard InChI is InChI=1S/C13H18N2O/c1-5-11-10(8-9-15(2,3)4)6-7-12(16)13(11)14/h5-9H,1,14H2,2-4H3/p+1/b9-8-. The van der Waals surface area contributed by atoms with Crippen LogP contribution in [0.1, 0.15) is 11.1 Å². The molecule has 0 unspecified atom stereocenters. The van der Waals surface area contributed by atoms with Gasteiger partial charge in [0.05, 0.1) is 33.0 Å². The highest BCUT2D eigenvalue weighted by Gasteiger charge is 2.07. The van der Waals surface area contributed by atoms with Crippen LogP contribution >= 0.6 is 0 Å². The van der Waals surface area contributed by atoms with Gasteiger partial charge in [-0.3, -0.25) is 0 Å². The van der Waals surface area contributed by atoms with E-state index in [1.807, 2.05) is 18.3 Å². The second-order valence-electron chi connectivity index (χ2n) is 4.64. The number of hydrogen-bond acceptors (Lipinski definition) is 2. The lowest BCUT2D eigenvalue weighted by atomic mass is 10.0. The van der Waals surface area contributed by atoms with Crippen molar-refractivity contribution in [2.24, 2.45) is 0 Å². The summed E-state index contributed by atoms with van der Waals surface area (Å²) >= 11 is 0. The molecule has 0 amide bonds. The Hall–Kier alpha value is -1.74. The molecule has 0 aliphatic carbocycles. The Morgan fingerprint density at radius 3 is 2.44 bits per heavy atom. The quantitative estimate of drug-likeness (QED) is 0.465. The molecule has 0 atom stereocenters. The van der Waals surface area contributed by atoms with Crippen molar-refractivity contribution in [3.63, 3.8) is 0 Å². The number of phenols is 1. The Morgan fingerprint density at radius 2 is 1.94 bits per heavy atom. The van der Waals surface area contributed by atoms with Crippen molar-refractivity contribution in [1.29, 1.82) is 0 Å². The normalized spacial score (nSPS) is 11.9. The minimum absolute atomic E-state index is 0.0947. The molecule has 3 heteroatoms. The summed E-state index contributed by atoms with van der Waals surface area (Å²) in [7, 11) is 6.19. The second-order valence-corrected chi connectivity index (χ2v) is 4.64. The molecule has 0 heterocycles. The number of quaternary nitrogens is 1. The molecule has 0 spiro atoms. The molecule has 0 bridgehead atoms. The van der Waals surface area contributed by atoms with Crippen LogP contribution in [-0.4, -0.2) is 30.7 Å². The van der Waals surface area contributed by atoms with Crippen LogP contribution in [0.2, 0.25) is 0 Å². The van der Waals surface area contributed by atoms with Gasteiger partial charge in [0.2, 0.25) is 0 Å². The van der Waals surface area contributed by atoms with Crippen LogP contribution < -0.4 is 5.73 Å². The number of anilines is 1. The molecule has 0 aromatic heterocycles. The lowest BCUT2D eigenvalue weighted by Crippen LogP contribution is -2.26. The zero-order chi connectivity index (χ0) is 12.3. The molecule has 86 valence electrons. The van der Waals surface area contributed by atoms with Gasteiger partial charge in [0.15, 0.2) is 0 Å². The summed E-state index contributed by atoms with van der Waals surface area (Å²) in [6, 6.07) is 3.42. The van der Waals surface area contributed by atoms with Gasteiger partial charge in [0, 0.05) is 5.56 Å². The van der Waals surface area contributed by atoms with E-state index in [0.29, 0.717) is 5.69 Å². The van der Waals surface area contributed by atoms with Crippen LogP contribution in [0, 0.1) is 0 Å². The van der Waals surface area contributed by atoms with E-state index in [1.165, 1.54) is 0 Å². The second kappa shape index (κ2) is 4.41. The third kappa shape index (κ3) is 2.87. The Kier molecular flexibility index (Phi) is 3.40. The van der Waals surface area contributed by atoms with Gasteiger partial charge in [-0.2, -0.15) is 0 Å². The van der Waals surface area contributed by atoms with Gasteiger partial charge >= 0.3 is 0 Å². The Morgan fingerprint density at radius 1 is 1.31 bits per heavy atom. The molecule has 0 saturated carbocycles. The fourth-order valence-electron chi connectivity index (χ4n) is 1.32. The van der Waals surface area contributed by atoms with Crippen LogP contribution in [0.3, 0.4) is 0 Å². The number of phenolic OH excluding ortho intramolecular Hbond substituents is 1. The first kappa shape index (κ1) is 12.3. The third-order valence-electron chi connectivity index (χ3n) is 2.20. The summed E-state index contributed by atoms with van der Waals surface area (Å²) in [5.41, 5.74) is 7.87. The van der Waals surface area contributed by atoms with Gasteiger partial charge in [0.1, 0.15) is 5.75 Å². The molecule has 1 rings (SSSR count). The van der Waals surface area contributed by atoms with E-state index < -0.39 is 0 Å². The number of benzene rings is 1. The minimum atomic E-state index is 0.0947. The smallest absolute Gasteiger partial charge is 0.139 e. The van der Waals surface area contributed by atoms with Crippen molar-refractivity contribution in [2.45, 2.75) is 0 Å². The maximum Gasteiger partial charge on any atom is 0.139 e. The number of nitrogen functional groups attached to an aromatic ring is 1. The molecule has 0 aliphatic rings. The Bertz CT molecular complexity index is 428. The summed E-state index contributed by atoms with van der Waals surface area (Å²) in [5.74, 6) is 0.0947. The van der Waals surface area contributed by atoms with Gasteiger partial charge in [-0.05, 0) is 17.7 Å². The molecule has 0 saturated heterocycles. The van der Waals surface area contributed by atoms with Crippen LogP contribution in [0.25, 0.3) is 12.2 Å². The van der Waals surface area contributed by atoms with Crippen molar-refractivity contribution >= 4 is 17.8 Å². The number of aromatic hydroxyl groups is 1. The first-order valence-corrected chi connectivity index (χ1v) is 5.09. The van der Waals surface area contributed by atoms with Gasteiger partial charge in [-0.1, -0.05) is 18.7 Å². The van der Waals surface area contributed by atoms with Crippen molar-refractivity contribution < 1.29 is 9.59 Å². The van der Waals surface area contributed by atoms with Crippen molar-refractivity contribution in [3.05, 3.63) is 36.0 Å². The summed E-state index contributed by atoms with van der Waals surface area (Å²) in [6.45, 7) is 3.71. The highest BCUT2D eigenvalue weighted by atomic mass is 16.3. The molecule has 3 nitrogen and oxygen atoms in total. The van der Waals surface area contributed by atoms with Crippen molar-refractivity contribution in [3.8, 4) is 5.75 Å². The van der Waals surface area contributed by atoms with Crippen LogP contribution in [0.4, 0.5) is 5.69 Å². The Balaban J connectivity index is 3.20. The molecule has 1 aromatic carbocycles. The lowest BCUT2D eigenvalue weighted by molar-refractivity contribution is -0.816. The molecular weight excluding hydrogens is 200 g/mol. The topological polar surface area (TPSA) is 46.2 Å². The van der Waals surface area contributed by atoms with Crippen LogP contribution in [-0.2, 0) is 0 Å². The van der Waals surface area contributed by atoms with Gasteiger partial charge < -0.3 is 15.3 Å². The van der Waals surface area contributed by atoms with Crippen molar-refractivity contribution in [1.82, 2.24) is 0 Å². The minimum Gasteiger partial charge on any atom is -0.506 e.